The van der Waals surface area contributed by atoms with E-state index < -0.39 is 10.0 Å². The predicted octanol–water partition coefficient (Wildman–Crippen LogP) is 2.95. The summed E-state index contributed by atoms with van der Waals surface area (Å²) >= 11 is 0. The molecule has 2 aromatic heterocycles. The number of hydrogen-bond acceptors (Lipinski definition) is 5. The van der Waals surface area contributed by atoms with Gasteiger partial charge in [-0.2, -0.15) is 0 Å². The molecule has 1 atom stereocenters. The molecule has 1 N–H and O–H groups in total. The smallest absolute Gasteiger partial charge is 0.268 e. The van der Waals surface area contributed by atoms with Crippen molar-refractivity contribution in [3.8, 4) is 0 Å². The number of nitrogens with one attached hydrogen (secondary N) is 1. The van der Waals surface area contributed by atoms with E-state index in [1.54, 1.807) is 47.6 Å². The summed E-state index contributed by atoms with van der Waals surface area (Å²) in [5.41, 5.74) is 4.89. The number of rotatable bonds is 3. The van der Waals surface area contributed by atoms with Crippen molar-refractivity contribution < 1.29 is 13.2 Å². The molecule has 1 amide bonds. The van der Waals surface area contributed by atoms with Crippen LogP contribution in [0.5, 0.6) is 0 Å². The standard InChI is InChI=1S/C23H24N4O3S/c1-15-12-17(7-10-24-15)20-14-27(22-4-3-9-25-23(20)22)31(29,30)19-5-6-21-18(13-19)8-11-26(21)16(2)28/h3-7,9,13-15,24H,8,10-12H2,1-2H3. The van der Waals surface area contributed by atoms with Crippen LogP contribution in [0.25, 0.3) is 16.6 Å². The Hall–Kier alpha value is -2.97. The van der Waals surface area contributed by atoms with Crippen LogP contribution in [-0.2, 0) is 21.2 Å². The molecule has 1 aromatic carbocycles. The SMILES string of the molecule is CC(=O)N1CCc2cc(S(=O)(=O)n3cc(C4=CCNC(C)C4)c4ncccc43)ccc21. The van der Waals surface area contributed by atoms with Crippen molar-refractivity contribution in [2.24, 2.45) is 0 Å². The van der Waals surface area contributed by atoms with E-state index in [0.717, 1.165) is 35.4 Å². The van der Waals surface area contributed by atoms with E-state index in [9.17, 15) is 13.2 Å². The van der Waals surface area contributed by atoms with Gasteiger partial charge in [0.25, 0.3) is 10.0 Å². The molecule has 0 spiro atoms. The Labute approximate surface area is 181 Å². The first-order valence-corrected chi connectivity index (χ1v) is 11.9. The van der Waals surface area contributed by atoms with Crippen LogP contribution in [0, 0.1) is 0 Å². The molecule has 0 radical (unpaired) electrons. The first-order valence-electron chi connectivity index (χ1n) is 10.4. The van der Waals surface area contributed by atoms with E-state index >= 15 is 0 Å². The topological polar surface area (TPSA) is 84.3 Å². The molecule has 1 unspecified atom stereocenters. The molecule has 0 saturated carbocycles. The molecular weight excluding hydrogens is 412 g/mol. The third-order valence-electron chi connectivity index (χ3n) is 6.10. The molecule has 2 aliphatic heterocycles. The number of amides is 1. The van der Waals surface area contributed by atoms with Gasteiger partial charge in [0.2, 0.25) is 5.91 Å². The van der Waals surface area contributed by atoms with Crippen LogP contribution >= 0.6 is 0 Å². The second kappa shape index (κ2) is 7.32. The number of fused-ring (bicyclic) bond motifs is 2. The minimum Gasteiger partial charge on any atom is -0.312 e. The van der Waals surface area contributed by atoms with E-state index in [0.29, 0.717) is 30.0 Å². The van der Waals surface area contributed by atoms with Gasteiger partial charge < -0.3 is 10.2 Å². The van der Waals surface area contributed by atoms with E-state index in [4.69, 9.17) is 0 Å². The summed E-state index contributed by atoms with van der Waals surface area (Å²) in [6.45, 7) is 4.97. The molecule has 8 heteroatoms. The third kappa shape index (κ3) is 3.26. The van der Waals surface area contributed by atoms with Crippen molar-refractivity contribution in [2.75, 3.05) is 18.0 Å². The Morgan fingerprint density at radius 2 is 2.10 bits per heavy atom. The summed E-state index contributed by atoms with van der Waals surface area (Å²) in [4.78, 5) is 18.2. The van der Waals surface area contributed by atoms with Crippen molar-refractivity contribution in [1.82, 2.24) is 14.3 Å². The predicted molar refractivity (Wildman–Crippen MR) is 121 cm³/mol. The van der Waals surface area contributed by atoms with Gasteiger partial charge in [0.05, 0.1) is 15.9 Å². The summed E-state index contributed by atoms with van der Waals surface area (Å²) in [6, 6.07) is 8.88. The molecule has 0 aliphatic carbocycles. The fourth-order valence-electron chi connectivity index (χ4n) is 4.53. The fraction of sp³-hybridized carbons (Fsp3) is 0.304. The molecular formula is C23H24N4O3S. The zero-order valence-electron chi connectivity index (χ0n) is 17.5. The monoisotopic (exact) mass is 436 g/mol. The summed E-state index contributed by atoms with van der Waals surface area (Å²) in [5.74, 6) is -0.0362. The zero-order chi connectivity index (χ0) is 21.8. The van der Waals surface area contributed by atoms with Crippen molar-refractivity contribution in [1.29, 1.82) is 0 Å². The van der Waals surface area contributed by atoms with E-state index in [-0.39, 0.29) is 10.8 Å². The third-order valence-corrected chi connectivity index (χ3v) is 7.77. The first-order chi connectivity index (χ1) is 14.9. The van der Waals surface area contributed by atoms with Crippen LogP contribution in [-0.4, -0.2) is 42.4 Å². The van der Waals surface area contributed by atoms with Gasteiger partial charge in [0.15, 0.2) is 0 Å². The number of benzene rings is 1. The quantitative estimate of drug-likeness (QED) is 0.682. The van der Waals surface area contributed by atoms with Crippen LogP contribution in [0.3, 0.4) is 0 Å². The highest BCUT2D eigenvalue weighted by molar-refractivity contribution is 7.90. The van der Waals surface area contributed by atoms with E-state index in [2.05, 4.69) is 23.3 Å². The van der Waals surface area contributed by atoms with Crippen molar-refractivity contribution in [3.63, 3.8) is 0 Å². The van der Waals surface area contributed by atoms with Gasteiger partial charge in [0.1, 0.15) is 0 Å². The Balaban J connectivity index is 1.63. The maximum atomic E-state index is 13.6. The van der Waals surface area contributed by atoms with Crippen LogP contribution in [0.4, 0.5) is 5.69 Å². The van der Waals surface area contributed by atoms with Crippen molar-refractivity contribution in [3.05, 3.63) is 59.9 Å². The fourth-order valence-corrected chi connectivity index (χ4v) is 5.94. The molecule has 31 heavy (non-hydrogen) atoms. The van der Waals surface area contributed by atoms with Crippen LogP contribution in [0.1, 0.15) is 31.4 Å². The molecule has 2 aliphatic rings. The Morgan fingerprint density at radius 1 is 1.26 bits per heavy atom. The molecule has 0 saturated heterocycles. The highest BCUT2D eigenvalue weighted by Crippen LogP contribution is 2.34. The number of carbonyl (C=O) groups is 1. The summed E-state index contributed by atoms with van der Waals surface area (Å²) in [6.07, 6.45) is 6.96. The van der Waals surface area contributed by atoms with Crippen molar-refractivity contribution in [2.45, 2.75) is 37.6 Å². The van der Waals surface area contributed by atoms with Gasteiger partial charge in [-0.3, -0.25) is 9.78 Å². The lowest BCUT2D eigenvalue weighted by Gasteiger charge is -2.20. The molecule has 4 heterocycles. The minimum atomic E-state index is -3.83. The van der Waals surface area contributed by atoms with Gasteiger partial charge in [-0.25, -0.2) is 12.4 Å². The molecule has 7 nitrogen and oxygen atoms in total. The molecule has 0 fully saturated rings. The summed E-state index contributed by atoms with van der Waals surface area (Å²) in [5, 5.41) is 3.38. The maximum absolute atomic E-state index is 13.6. The largest absolute Gasteiger partial charge is 0.312 e. The molecule has 160 valence electrons. The summed E-state index contributed by atoms with van der Waals surface area (Å²) < 4.78 is 28.6. The van der Waals surface area contributed by atoms with E-state index in [1.807, 2.05) is 0 Å². The number of hydrogen-bond donors (Lipinski definition) is 1. The molecule has 3 aromatic rings. The minimum absolute atomic E-state index is 0.0362. The van der Waals surface area contributed by atoms with Gasteiger partial charge in [-0.05, 0) is 61.2 Å². The second-order valence-corrected chi connectivity index (χ2v) is 9.98. The number of aromatic nitrogens is 2. The van der Waals surface area contributed by atoms with Gasteiger partial charge in [-0.1, -0.05) is 6.08 Å². The zero-order valence-corrected chi connectivity index (χ0v) is 18.3. The number of nitrogens with zero attached hydrogens (tertiary/aromatic N) is 3. The van der Waals surface area contributed by atoms with E-state index in [1.165, 1.54) is 10.9 Å². The highest BCUT2D eigenvalue weighted by atomic mass is 32.2. The molecule has 0 bridgehead atoms. The summed E-state index contributed by atoms with van der Waals surface area (Å²) in [7, 11) is -3.83. The Bertz CT molecular complexity index is 1340. The van der Waals surface area contributed by atoms with Gasteiger partial charge in [0, 0.05) is 49.7 Å². The van der Waals surface area contributed by atoms with Crippen molar-refractivity contribution >= 4 is 38.2 Å². The van der Waals surface area contributed by atoms with Crippen LogP contribution in [0.2, 0.25) is 0 Å². The van der Waals surface area contributed by atoms with Gasteiger partial charge >= 0.3 is 0 Å². The first kappa shape index (κ1) is 20.0. The average Bonchev–Trinajstić information content (AvgIpc) is 3.35. The number of pyridine rings is 1. The van der Waals surface area contributed by atoms with Crippen LogP contribution < -0.4 is 10.2 Å². The Morgan fingerprint density at radius 3 is 2.87 bits per heavy atom. The lowest BCUT2D eigenvalue weighted by atomic mass is 9.97. The highest BCUT2D eigenvalue weighted by Gasteiger charge is 2.28. The maximum Gasteiger partial charge on any atom is 0.268 e. The Kier molecular flexibility index (Phi) is 4.71. The molecule has 5 rings (SSSR count). The lowest BCUT2D eigenvalue weighted by molar-refractivity contribution is -0.116. The van der Waals surface area contributed by atoms with Crippen LogP contribution in [0.15, 0.2) is 53.7 Å². The van der Waals surface area contributed by atoms with Gasteiger partial charge in [-0.15, -0.1) is 0 Å². The normalized spacial score (nSPS) is 18.8. The lowest BCUT2D eigenvalue weighted by Crippen LogP contribution is -2.29. The second-order valence-electron chi connectivity index (χ2n) is 8.17. The number of anilines is 1. The number of carbonyl (C=O) groups excluding carboxylic acids is 1. The average molecular weight is 437 g/mol.